The van der Waals surface area contributed by atoms with Gasteiger partial charge in [0.1, 0.15) is 0 Å². The Hall–Kier alpha value is -0.200. The largest absolute Gasteiger partial charge is 0.393 e. The molecule has 0 amide bonds. The summed E-state index contributed by atoms with van der Waals surface area (Å²) in [5.41, 5.74) is -1.83. The zero-order chi connectivity index (χ0) is 26.0. The first-order chi connectivity index (χ1) is 15.9. The highest BCUT2D eigenvalue weighted by Gasteiger charge is 2.73. The molecule has 0 spiro atoms. The summed E-state index contributed by atoms with van der Waals surface area (Å²) in [5.74, 6) is 0.722. The van der Waals surface area contributed by atoms with Crippen molar-refractivity contribution in [3.05, 3.63) is 0 Å². The molecule has 0 aromatic rings. The SMILES string of the molecule is CC(C)(O)[C@@H]1CC[C@](C)([C@@H]2CC[C@]3(C)[C@@H]2[C@H](O)C[C@H]2[C@@]4(C)CC[C@H](O)C(C)(C)[C@@H]4[C@@H](O)C[C@]23C)O1. The minimum Gasteiger partial charge on any atom is -0.393 e. The number of ether oxygens (including phenoxy) is 1. The maximum atomic E-state index is 11.9. The van der Waals surface area contributed by atoms with Gasteiger partial charge in [0.2, 0.25) is 0 Å². The molecule has 4 saturated carbocycles. The van der Waals surface area contributed by atoms with Gasteiger partial charge in [0.05, 0.1) is 35.6 Å². The number of hydrogen-bond donors (Lipinski definition) is 4. The third-order valence-electron chi connectivity index (χ3n) is 13.1. The summed E-state index contributed by atoms with van der Waals surface area (Å²) < 4.78 is 6.64. The Kier molecular flexibility index (Phi) is 5.80. The molecule has 5 nitrogen and oxygen atoms in total. The summed E-state index contributed by atoms with van der Waals surface area (Å²) in [6.45, 7) is 17.3. The van der Waals surface area contributed by atoms with Crippen molar-refractivity contribution < 1.29 is 25.2 Å². The monoisotopic (exact) mass is 492 g/mol. The molecule has 1 aliphatic heterocycles. The van der Waals surface area contributed by atoms with E-state index < -0.39 is 23.9 Å². The van der Waals surface area contributed by atoms with Gasteiger partial charge < -0.3 is 25.2 Å². The molecule has 12 atom stereocenters. The van der Waals surface area contributed by atoms with Crippen molar-refractivity contribution in [3.8, 4) is 0 Å². The van der Waals surface area contributed by atoms with E-state index >= 15 is 0 Å². The zero-order valence-corrected chi connectivity index (χ0v) is 23.5. The Labute approximate surface area is 213 Å². The van der Waals surface area contributed by atoms with Gasteiger partial charge in [-0.05, 0) is 117 Å². The molecule has 1 saturated heterocycles. The molecule has 202 valence electrons. The van der Waals surface area contributed by atoms with Crippen molar-refractivity contribution in [3.63, 3.8) is 0 Å². The van der Waals surface area contributed by atoms with Crippen molar-refractivity contribution in [2.45, 2.75) is 142 Å². The molecule has 5 fully saturated rings. The second-order valence-electron chi connectivity index (χ2n) is 15.6. The van der Waals surface area contributed by atoms with E-state index in [1.165, 1.54) is 0 Å². The minimum absolute atomic E-state index is 0.0320. The minimum atomic E-state index is -0.864. The maximum Gasteiger partial charge on any atom is 0.0865 e. The van der Waals surface area contributed by atoms with Crippen LogP contribution in [-0.2, 0) is 4.74 Å². The fourth-order valence-corrected chi connectivity index (χ4v) is 11.3. The molecule has 1 heterocycles. The predicted molar refractivity (Wildman–Crippen MR) is 137 cm³/mol. The fraction of sp³-hybridized carbons (Fsp3) is 1.00. The van der Waals surface area contributed by atoms with Gasteiger partial charge in [-0.3, -0.25) is 0 Å². The summed E-state index contributed by atoms with van der Waals surface area (Å²) in [6.07, 6.45) is 5.61. The number of aliphatic hydroxyl groups is 4. The Balaban J connectivity index is 1.51. The van der Waals surface area contributed by atoms with E-state index in [9.17, 15) is 20.4 Å². The van der Waals surface area contributed by atoms with Crippen LogP contribution >= 0.6 is 0 Å². The highest BCUT2D eigenvalue weighted by molar-refractivity contribution is 5.22. The third kappa shape index (κ3) is 3.36. The molecule has 5 rings (SSSR count). The van der Waals surface area contributed by atoms with Crippen LogP contribution < -0.4 is 0 Å². The van der Waals surface area contributed by atoms with Crippen LogP contribution in [0, 0.1) is 45.3 Å². The Morgan fingerprint density at radius 1 is 0.800 bits per heavy atom. The van der Waals surface area contributed by atoms with Crippen LogP contribution in [0.15, 0.2) is 0 Å². The molecule has 5 heteroatoms. The van der Waals surface area contributed by atoms with Crippen molar-refractivity contribution in [1.82, 2.24) is 0 Å². The smallest absolute Gasteiger partial charge is 0.0865 e. The van der Waals surface area contributed by atoms with Crippen LogP contribution in [-0.4, -0.2) is 56.0 Å². The van der Waals surface area contributed by atoms with Crippen LogP contribution in [0.4, 0.5) is 0 Å². The van der Waals surface area contributed by atoms with Gasteiger partial charge in [0.15, 0.2) is 0 Å². The van der Waals surface area contributed by atoms with Gasteiger partial charge in [-0.1, -0.05) is 34.6 Å². The van der Waals surface area contributed by atoms with Crippen LogP contribution in [0.2, 0.25) is 0 Å². The molecule has 0 bridgehead atoms. The van der Waals surface area contributed by atoms with E-state index in [0.29, 0.717) is 5.92 Å². The lowest BCUT2D eigenvalue weighted by atomic mass is 9.34. The lowest BCUT2D eigenvalue weighted by Crippen LogP contribution is -2.69. The number of hydrogen-bond acceptors (Lipinski definition) is 5. The molecule has 35 heavy (non-hydrogen) atoms. The predicted octanol–water partition coefficient (Wildman–Crippen LogP) is 4.68. The Morgan fingerprint density at radius 3 is 2.06 bits per heavy atom. The van der Waals surface area contributed by atoms with Crippen molar-refractivity contribution in [2.75, 3.05) is 0 Å². The van der Waals surface area contributed by atoms with Gasteiger partial charge in [-0.2, -0.15) is 0 Å². The van der Waals surface area contributed by atoms with E-state index in [4.69, 9.17) is 4.74 Å². The van der Waals surface area contributed by atoms with Gasteiger partial charge >= 0.3 is 0 Å². The van der Waals surface area contributed by atoms with E-state index in [2.05, 4.69) is 41.5 Å². The van der Waals surface area contributed by atoms with E-state index in [0.717, 1.165) is 51.4 Å². The lowest BCUT2D eigenvalue weighted by molar-refractivity contribution is -0.275. The first-order valence-corrected chi connectivity index (χ1v) is 14.4. The van der Waals surface area contributed by atoms with Crippen molar-refractivity contribution in [1.29, 1.82) is 0 Å². The van der Waals surface area contributed by atoms with Crippen molar-refractivity contribution >= 4 is 0 Å². The quantitative estimate of drug-likeness (QED) is 0.449. The summed E-state index contributed by atoms with van der Waals surface area (Å²) >= 11 is 0. The normalized spacial score (nSPS) is 57.9. The number of aliphatic hydroxyl groups excluding tert-OH is 3. The zero-order valence-electron chi connectivity index (χ0n) is 23.5. The van der Waals surface area contributed by atoms with Gasteiger partial charge in [0, 0.05) is 0 Å². The molecule has 5 aliphatic rings. The third-order valence-corrected chi connectivity index (χ3v) is 13.1. The standard InChI is InChI=1S/C30H52O5/c1-25(2)21(33)10-12-27(5)20-15-18(31)23-17(30(8)14-11-22(35-30)26(3,4)34)9-13-28(23,6)29(20,7)16-19(32)24(25)27/h17-24,31-34H,9-16H2,1-8H3/t17-,18-,19+,20+,21+,22+,23+,24+,27-,28-,29-,30-/m1/s1. The molecule has 0 aromatic carbocycles. The van der Waals surface area contributed by atoms with Crippen LogP contribution in [0.5, 0.6) is 0 Å². The van der Waals surface area contributed by atoms with Crippen LogP contribution in [0.1, 0.15) is 107 Å². The molecular formula is C30H52O5. The van der Waals surface area contributed by atoms with Gasteiger partial charge in [-0.25, -0.2) is 0 Å². The van der Waals surface area contributed by atoms with Crippen LogP contribution in [0.3, 0.4) is 0 Å². The fourth-order valence-electron chi connectivity index (χ4n) is 11.3. The summed E-state index contributed by atoms with van der Waals surface area (Å²) in [7, 11) is 0. The van der Waals surface area contributed by atoms with E-state index in [-0.39, 0.29) is 51.1 Å². The average Bonchev–Trinajstić information content (AvgIpc) is 3.30. The molecule has 0 radical (unpaired) electrons. The summed E-state index contributed by atoms with van der Waals surface area (Å²) in [5, 5.41) is 45.2. The lowest BCUT2D eigenvalue weighted by Gasteiger charge is -2.71. The first kappa shape index (κ1) is 26.4. The van der Waals surface area contributed by atoms with Crippen molar-refractivity contribution in [2.24, 2.45) is 45.3 Å². The van der Waals surface area contributed by atoms with Gasteiger partial charge in [0.25, 0.3) is 0 Å². The second-order valence-corrected chi connectivity index (χ2v) is 15.6. The van der Waals surface area contributed by atoms with Gasteiger partial charge in [-0.15, -0.1) is 0 Å². The first-order valence-electron chi connectivity index (χ1n) is 14.4. The van der Waals surface area contributed by atoms with E-state index in [1.54, 1.807) is 0 Å². The molecule has 4 aliphatic carbocycles. The second kappa shape index (κ2) is 7.68. The topological polar surface area (TPSA) is 90.2 Å². The number of fused-ring (bicyclic) bond motifs is 5. The van der Waals surface area contributed by atoms with Crippen LogP contribution in [0.25, 0.3) is 0 Å². The Bertz CT molecular complexity index is 850. The highest BCUT2D eigenvalue weighted by atomic mass is 16.5. The maximum absolute atomic E-state index is 11.9. The highest BCUT2D eigenvalue weighted by Crippen LogP contribution is 2.76. The number of rotatable bonds is 2. The van der Waals surface area contributed by atoms with E-state index in [1.807, 2.05) is 13.8 Å². The molecule has 0 unspecified atom stereocenters. The average molecular weight is 493 g/mol. The molecule has 0 aromatic heterocycles. The Morgan fingerprint density at radius 2 is 1.46 bits per heavy atom. The summed E-state index contributed by atoms with van der Waals surface area (Å²) in [6, 6.07) is 0. The summed E-state index contributed by atoms with van der Waals surface area (Å²) in [4.78, 5) is 0. The molecule has 4 N–H and O–H groups in total. The molecular weight excluding hydrogens is 440 g/mol.